The standard InChI is InChI=1S/C15H18N2O.ClH/c16-12-4-6-13(7-5-12)18-15-3-1-2-11-10-17-9-8-14(11)15;/h1-3,8-10,12-13H,4-7,16H2;1H/t12-,13-;. The molecule has 1 aliphatic rings. The van der Waals surface area contributed by atoms with Gasteiger partial charge in [-0.2, -0.15) is 0 Å². The van der Waals surface area contributed by atoms with Gasteiger partial charge in [-0.15, -0.1) is 12.4 Å². The van der Waals surface area contributed by atoms with E-state index in [9.17, 15) is 0 Å². The number of rotatable bonds is 2. The maximum atomic E-state index is 6.13. The van der Waals surface area contributed by atoms with E-state index in [0.29, 0.717) is 12.1 Å². The van der Waals surface area contributed by atoms with Crippen molar-refractivity contribution >= 4 is 23.2 Å². The molecule has 0 unspecified atom stereocenters. The molecule has 19 heavy (non-hydrogen) atoms. The van der Waals surface area contributed by atoms with Crippen molar-refractivity contribution in [1.82, 2.24) is 4.98 Å². The fraction of sp³-hybridized carbons (Fsp3) is 0.400. The summed E-state index contributed by atoms with van der Waals surface area (Å²) < 4.78 is 6.13. The SMILES string of the molecule is Cl.N[C@H]1CC[C@H](Oc2cccc3cnccc23)CC1. The van der Waals surface area contributed by atoms with Crippen LogP contribution in [0.1, 0.15) is 25.7 Å². The minimum atomic E-state index is 0. The minimum absolute atomic E-state index is 0. The predicted octanol–water partition coefficient (Wildman–Crippen LogP) is 3.31. The Balaban J connectivity index is 0.00000133. The van der Waals surface area contributed by atoms with Gasteiger partial charge in [0.1, 0.15) is 5.75 Å². The molecule has 2 N–H and O–H groups in total. The van der Waals surface area contributed by atoms with Crippen LogP contribution < -0.4 is 10.5 Å². The smallest absolute Gasteiger partial charge is 0.127 e. The van der Waals surface area contributed by atoms with Gasteiger partial charge in [-0.25, -0.2) is 0 Å². The lowest BCUT2D eigenvalue weighted by Gasteiger charge is -2.27. The second-order valence-corrected chi connectivity index (χ2v) is 5.01. The van der Waals surface area contributed by atoms with E-state index in [1.807, 2.05) is 30.6 Å². The van der Waals surface area contributed by atoms with E-state index in [1.165, 1.54) is 0 Å². The number of pyridine rings is 1. The number of hydrogen-bond donors (Lipinski definition) is 1. The molecule has 3 nitrogen and oxygen atoms in total. The average Bonchev–Trinajstić information content (AvgIpc) is 2.42. The van der Waals surface area contributed by atoms with E-state index in [2.05, 4.69) is 11.1 Å². The number of nitrogens with zero attached hydrogens (tertiary/aromatic N) is 1. The van der Waals surface area contributed by atoms with Crippen molar-refractivity contribution in [1.29, 1.82) is 0 Å². The Morgan fingerprint density at radius 1 is 1.11 bits per heavy atom. The van der Waals surface area contributed by atoms with Gasteiger partial charge in [0.2, 0.25) is 0 Å². The highest BCUT2D eigenvalue weighted by molar-refractivity contribution is 5.87. The summed E-state index contributed by atoms with van der Waals surface area (Å²) in [6, 6.07) is 8.50. The van der Waals surface area contributed by atoms with Crippen molar-refractivity contribution < 1.29 is 4.74 Å². The number of hydrogen-bond acceptors (Lipinski definition) is 3. The first-order valence-corrected chi connectivity index (χ1v) is 6.58. The van der Waals surface area contributed by atoms with Crippen LogP contribution in [0.5, 0.6) is 5.75 Å². The molecule has 1 fully saturated rings. The van der Waals surface area contributed by atoms with E-state index >= 15 is 0 Å². The summed E-state index contributed by atoms with van der Waals surface area (Å²) in [7, 11) is 0. The molecule has 1 aliphatic carbocycles. The van der Waals surface area contributed by atoms with Crippen LogP contribution in [0.3, 0.4) is 0 Å². The van der Waals surface area contributed by atoms with Crippen molar-refractivity contribution in [2.24, 2.45) is 5.73 Å². The third-order valence-electron chi connectivity index (χ3n) is 3.65. The van der Waals surface area contributed by atoms with Crippen LogP contribution in [0.25, 0.3) is 10.8 Å². The summed E-state index contributed by atoms with van der Waals surface area (Å²) in [5.41, 5.74) is 5.92. The highest BCUT2D eigenvalue weighted by Crippen LogP contribution is 2.28. The lowest BCUT2D eigenvalue weighted by Crippen LogP contribution is -2.31. The Hall–Kier alpha value is -1.32. The summed E-state index contributed by atoms with van der Waals surface area (Å²) in [4.78, 5) is 4.14. The molecule has 4 heteroatoms. The third-order valence-corrected chi connectivity index (χ3v) is 3.65. The van der Waals surface area contributed by atoms with E-state index < -0.39 is 0 Å². The Morgan fingerprint density at radius 2 is 1.89 bits per heavy atom. The number of halogens is 1. The van der Waals surface area contributed by atoms with Gasteiger partial charge in [0.05, 0.1) is 6.10 Å². The van der Waals surface area contributed by atoms with Gasteiger partial charge in [-0.3, -0.25) is 4.98 Å². The van der Waals surface area contributed by atoms with Crippen LogP contribution in [0, 0.1) is 0 Å². The Bertz CT molecular complexity index is 533. The summed E-state index contributed by atoms with van der Waals surface area (Å²) in [6.07, 6.45) is 8.24. The molecule has 102 valence electrons. The second kappa shape index (κ2) is 6.22. The molecule has 1 aromatic heterocycles. The molecule has 1 aromatic carbocycles. The highest BCUT2D eigenvalue weighted by Gasteiger charge is 2.20. The summed E-state index contributed by atoms with van der Waals surface area (Å²) >= 11 is 0. The van der Waals surface area contributed by atoms with Crippen LogP contribution >= 0.6 is 12.4 Å². The molecule has 0 atom stereocenters. The zero-order valence-electron chi connectivity index (χ0n) is 10.8. The van der Waals surface area contributed by atoms with Gasteiger partial charge in [-0.05, 0) is 37.8 Å². The van der Waals surface area contributed by atoms with E-state index in [4.69, 9.17) is 10.5 Å². The van der Waals surface area contributed by atoms with Crippen molar-refractivity contribution in [2.45, 2.75) is 37.8 Å². The van der Waals surface area contributed by atoms with Gasteiger partial charge < -0.3 is 10.5 Å². The number of fused-ring (bicyclic) bond motifs is 1. The van der Waals surface area contributed by atoms with Crippen molar-refractivity contribution in [3.63, 3.8) is 0 Å². The molecule has 0 spiro atoms. The van der Waals surface area contributed by atoms with Crippen LogP contribution in [0.2, 0.25) is 0 Å². The van der Waals surface area contributed by atoms with Gasteiger partial charge >= 0.3 is 0 Å². The normalized spacial score (nSPS) is 22.8. The fourth-order valence-electron chi connectivity index (χ4n) is 2.58. The number of aromatic nitrogens is 1. The molecule has 2 aromatic rings. The number of nitrogens with two attached hydrogens (primary N) is 1. The fourth-order valence-corrected chi connectivity index (χ4v) is 2.58. The Kier molecular flexibility index (Phi) is 4.61. The summed E-state index contributed by atoms with van der Waals surface area (Å²) in [6.45, 7) is 0. The molecule has 1 saturated carbocycles. The molecular weight excluding hydrogens is 260 g/mol. The first-order chi connectivity index (χ1) is 8.83. The predicted molar refractivity (Wildman–Crippen MR) is 79.9 cm³/mol. The van der Waals surface area contributed by atoms with Crippen LogP contribution in [0.15, 0.2) is 36.7 Å². The maximum Gasteiger partial charge on any atom is 0.127 e. The first kappa shape index (κ1) is 14.1. The van der Waals surface area contributed by atoms with Gasteiger partial charge in [0.25, 0.3) is 0 Å². The van der Waals surface area contributed by atoms with E-state index in [-0.39, 0.29) is 12.4 Å². The molecular formula is C15H19ClN2O. The Labute approximate surface area is 119 Å². The number of benzene rings is 1. The number of ether oxygens (including phenoxy) is 1. The van der Waals surface area contributed by atoms with E-state index in [0.717, 1.165) is 42.2 Å². The zero-order valence-corrected chi connectivity index (χ0v) is 11.6. The monoisotopic (exact) mass is 278 g/mol. The van der Waals surface area contributed by atoms with Crippen LogP contribution in [-0.4, -0.2) is 17.1 Å². The largest absolute Gasteiger partial charge is 0.490 e. The van der Waals surface area contributed by atoms with Crippen molar-refractivity contribution in [3.05, 3.63) is 36.7 Å². The molecule has 0 aliphatic heterocycles. The third kappa shape index (κ3) is 3.17. The zero-order chi connectivity index (χ0) is 12.4. The van der Waals surface area contributed by atoms with Gasteiger partial charge in [-0.1, -0.05) is 12.1 Å². The van der Waals surface area contributed by atoms with Crippen LogP contribution in [0.4, 0.5) is 0 Å². The molecule has 0 bridgehead atoms. The van der Waals surface area contributed by atoms with Crippen molar-refractivity contribution in [3.8, 4) is 5.75 Å². The molecule has 0 amide bonds. The lowest BCUT2D eigenvalue weighted by atomic mass is 9.93. The highest BCUT2D eigenvalue weighted by atomic mass is 35.5. The first-order valence-electron chi connectivity index (χ1n) is 6.58. The van der Waals surface area contributed by atoms with E-state index in [1.54, 1.807) is 0 Å². The molecule has 0 saturated heterocycles. The topological polar surface area (TPSA) is 48.1 Å². The Morgan fingerprint density at radius 3 is 2.68 bits per heavy atom. The van der Waals surface area contributed by atoms with Gasteiger partial charge in [0, 0.05) is 29.2 Å². The minimum Gasteiger partial charge on any atom is -0.490 e. The lowest BCUT2D eigenvalue weighted by molar-refractivity contribution is 0.149. The molecule has 1 heterocycles. The quantitative estimate of drug-likeness (QED) is 0.917. The van der Waals surface area contributed by atoms with Crippen LogP contribution in [-0.2, 0) is 0 Å². The van der Waals surface area contributed by atoms with Crippen molar-refractivity contribution in [2.75, 3.05) is 0 Å². The molecule has 0 radical (unpaired) electrons. The summed E-state index contributed by atoms with van der Waals surface area (Å²) in [5.74, 6) is 0.968. The van der Waals surface area contributed by atoms with Gasteiger partial charge in [0.15, 0.2) is 0 Å². The second-order valence-electron chi connectivity index (χ2n) is 5.01. The average molecular weight is 279 g/mol. The maximum absolute atomic E-state index is 6.13. The summed E-state index contributed by atoms with van der Waals surface area (Å²) in [5, 5.41) is 2.27. The molecule has 3 rings (SSSR count).